The van der Waals surface area contributed by atoms with Crippen LogP contribution in [-0.2, 0) is 4.74 Å². The summed E-state index contributed by atoms with van der Waals surface area (Å²) in [6.45, 7) is 4.60. The molecule has 2 rings (SSSR count). The van der Waals surface area contributed by atoms with Crippen molar-refractivity contribution in [2.24, 2.45) is 11.8 Å². The highest BCUT2D eigenvalue weighted by atomic mass is 16.5. The van der Waals surface area contributed by atoms with Gasteiger partial charge in [0.2, 0.25) is 0 Å². The highest BCUT2D eigenvalue weighted by molar-refractivity contribution is 5.02. The van der Waals surface area contributed by atoms with Gasteiger partial charge in [0.15, 0.2) is 0 Å². The van der Waals surface area contributed by atoms with Crippen molar-refractivity contribution < 1.29 is 4.74 Å². The van der Waals surface area contributed by atoms with Crippen molar-refractivity contribution >= 4 is 0 Å². The van der Waals surface area contributed by atoms with Crippen molar-refractivity contribution in [2.75, 3.05) is 0 Å². The van der Waals surface area contributed by atoms with Gasteiger partial charge in [0.05, 0.1) is 6.26 Å². The lowest BCUT2D eigenvalue weighted by Gasteiger charge is -2.35. The van der Waals surface area contributed by atoms with Crippen LogP contribution in [0.4, 0.5) is 0 Å². The lowest BCUT2D eigenvalue weighted by atomic mass is 9.76. The molecule has 0 amide bonds. The molecule has 2 aliphatic rings. The van der Waals surface area contributed by atoms with Crippen LogP contribution in [0, 0.1) is 11.8 Å². The normalized spacial score (nSPS) is 30.7. The van der Waals surface area contributed by atoms with E-state index in [9.17, 15) is 0 Å². The summed E-state index contributed by atoms with van der Waals surface area (Å²) >= 11 is 0. The van der Waals surface area contributed by atoms with E-state index in [0.717, 1.165) is 11.8 Å². The Bertz CT molecular complexity index is 286. The van der Waals surface area contributed by atoms with Crippen LogP contribution in [-0.4, -0.2) is 6.10 Å². The third kappa shape index (κ3) is 4.82. The maximum absolute atomic E-state index is 6.09. The molecule has 116 valence electrons. The lowest BCUT2D eigenvalue weighted by Crippen LogP contribution is -2.29. The van der Waals surface area contributed by atoms with E-state index in [0.29, 0.717) is 6.10 Å². The summed E-state index contributed by atoms with van der Waals surface area (Å²) in [5, 5.41) is 0. The molecule has 1 atom stereocenters. The molecule has 1 heteroatoms. The van der Waals surface area contributed by atoms with E-state index in [1.165, 1.54) is 77.0 Å². The van der Waals surface area contributed by atoms with Gasteiger partial charge in [-0.2, -0.15) is 0 Å². The van der Waals surface area contributed by atoms with E-state index < -0.39 is 0 Å². The van der Waals surface area contributed by atoms with E-state index >= 15 is 0 Å². The first-order valence-electron chi connectivity index (χ1n) is 9.16. The molecule has 0 N–H and O–H groups in total. The molecule has 1 saturated carbocycles. The topological polar surface area (TPSA) is 9.23 Å². The molecule has 1 aliphatic heterocycles. The highest BCUT2D eigenvalue weighted by Gasteiger charge is 2.29. The fourth-order valence-corrected chi connectivity index (χ4v) is 4.03. The molecule has 20 heavy (non-hydrogen) atoms. The number of hydrogen-bond donors (Lipinski definition) is 0. The Morgan fingerprint density at radius 3 is 2.40 bits per heavy atom. The smallest absolute Gasteiger partial charge is 0.101 e. The summed E-state index contributed by atoms with van der Waals surface area (Å²) in [4.78, 5) is 0. The summed E-state index contributed by atoms with van der Waals surface area (Å²) in [7, 11) is 0. The first-order chi connectivity index (χ1) is 9.83. The maximum Gasteiger partial charge on any atom is 0.101 e. The first kappa shape index (κ1) is 15.9. The van der Waals surface area contributed by atoms with E-state index in [1.807, 2.05) is 0 Å². The molecular formula is C19H34O. The zero-order chi connectivity index (χ0) is 14.2. The van der Waals surface area contributed by atoms with Crippen LogP contribution >= 0.6 is 0 Å². The van der Waals surface area contributed by atoms with E-state index in [1.54, 1.807) is 5.57 Å². The molecule has 1 heterocycles. The molecular weight excluding hydrogens is 244 g/mol. The Morgan fingerprint density at radius 2 is 1.80 bits per heavy atom. The van der Waals surface area contributed by atoms with Crippen LogP contribution in [0.15, 0.2) is 11.8 Å². The fourth-order valence-electron chi connectivity index (χ4n) is 4.03. The highest BCUT2D eigenvalue weighted by Crippen LogP contribution is 2.37. The molecule has 0 aromatic heterocycles. The van der Waals surface area contributed by atoms with Gasteiger partial charge in [-0.15, -0.1) is 0 Å². The van der Waals surface area contributed by atoms with Gasteiger partial charge in [0.1, 0.15) is 6.10 Å². The van der Waals surface area contributed by atoms with Crippen molar-refractivity contribution in [1.29, 1.82) is 0 Å². The predicted molar refractivity (Wildman–Crippen MR) is 86.7 cm³/mol. The molecule has 0 radical (unpaired) electrons. The second kappa shape index (κ2) is 8.74. The number of rotatable bonds is 7. The number of allylic oxidation sites excluding steroid dienone is 1. The fraction of sp³-hybridized carbons (Fsp3) is 0.895. The monoisotopic (exact) mass is 278 g/mol. The maximum atomic E-state index is 6.09. The van der Waals surface area contributed by atoms with Crippen molar-refractivity contribution in [2.45, 2.75) is 97.0 Å². The Hall–Kier alpha value is -0.460. The van der Waals surface area contributed by atoms with Gasteiger partial charge in [-0.3, -0.25) is 0 Å². The third-order valence-corrected chi connectivity index (χ3v) is 5.38. The Kier molecular flexibility index (Phi) is 6.96. The third-order valence-electron chi connectivity index (χ3n) is 5.38. The van der Waals surface area contributed by atoms with Gasteiger partial charge in [0.25, 0.3) is 0 Å². The van der Waals surface area contributed by atoms with Gasteiger partial charge in [-0.05, 0) is 55.9 Å². The Balaban J connectivity index is 1.68. The summed E-state index contributed by atoms with van der Waals surface area (Å²) in [6, 6.07) is 0. The second-order valence-corrected chi connectivity index (χ2v) is 7.02. The minimum atomic E-state index is 0.535. The van der Waals surface area contributed by atoms with Gasteiger partial charge < -0.3 is 4.74 Å². The van der Waals surface area contributed by atoms with E-state index in [-0.39, 0.29) is 0 Å². The van der Waals surface area contributed by atoms with Gasteiger partial charge >= 0.3 is 0 Å². The van der Waals surface area contributed by atoms with Crippen molar-refractivity contribution in [3.8, 4) is 0 Å². The molecule has 0 spiro atoms. The molecule has 0 aromatic carbocycles. The molecule has 1 aliphatic carbocycles. The standard InChI is InChI=1S/C19H34O/c1-3-5-6-8-17-11-14-19(20-15-17)18-12-9-16(7-4-2)10-13-18/h15-16,18-19H,3-14H2,1-2H3. The molecule has 0 aromatic rings. The minimum Gasteiger partial charge on any atom is -0.498 e. The van der Waals surface area contributed by atoms with E-state index in [2.05, 4.69) is 20.1 Å². The molecule has 0 saturated heterocycles. The number of hydrogen-bond acceptors (Lipinski definition) is 1. The first-order valence-corrected chi connectivity index (χ1v) is 9.16. The van der Waals surface area contributed by atoms with Crippen LogP contribution in [0.3, 0.4) is 0 Å². The van der Waals surface area contributed by atoms with Crippen LogP contribution in [0.25, 0.3) is 0 Å². The SMILES string of the molecule is CCCCCC1=COC(C2CCC(CCC)CC2)CC1. The van der Waals surface area contributed by atoms with Crippen LogP contribution < -0.4 is 0 Å². The average Bonchev–Trinajstić information content (AvgIpc) is 2.49. The summed E-state index contributed by atoms with van der Waals surface area (Å²) in [6.07, 6.45) is 19.1. The molecule has 1 unspecified atom stereocenters. The van der Waals surface area contributed by atoms with Crippen LogP contribution in [0.5, 0.6) is 0 Å². The quantitative estimate of drug-likeness (QED) is 0.501. The molecule has 0 bridgehead atoms. The lowest BCUT2D eigenvalue weighted by molar-refractivity contribution is 0.0388. The van der Waals surface area contributed by atoms with Crippen molar-refractivity contribution in [3.63, 3.8) is 0 Å². The van der Waals surface area contributed by atoms with Gasteiger partial charge in [0, 0.05) is 0 Å². The number of ether oxygens (including phenoxy) is 1. The van der Waals surface area contributed by atoms with Gasteiger partial charge in [-0.25, -0.2) is 0 Å². The second-order valence-electron chi connectivity index (χ2n) is 7.02. The van der Waals surface area contributed by atoms with Crippen molar-refractivity contribution in [3.05, 3.63) is 11.8 Å². The van der Waals surface area contributed by atoms with Crippen LogP contribution in [0.1, 0.15) is 90.9 Å². The average molecular weight is 278 g/mol. The summed E-state index contributed by atoms with van der Waals surface area (Å²) in [5.74, 6) is 1.86. The zero-order valence-electron chi connectivity index (χ0n) is 13.7. The Morgan fingerprint density at radius 1 is 1.00 bits per heavy atom. The Labute approximate surface area is 126 Å². The predicted octanol–water partition coefficient (Wildman–Crippen LogP) is 6.24. The molecule has 1 fully saturated rings. The van der Waals surface area contributed by atoms with Crippen molar-refractivity contribution in [1.82, 2.24) is 0 Å². The summed E-state index contributed by atoms with van der Waals surface area (Å²) < 4.78 is 6.09. The van der Waals surface area contributed by atoms with Crippen LogP contribution in [0.2, 0.25) is 0 Å². The zero-order valence-corrected chi connectivity index (χ0v) is 13.7. The van der Waals surface area contributed by atoms with Gasteiger partial charge in [-0.1, -0.05) is 52.4 Å². The van der Waals surface area contributed by atoms with E-state index in [4.69, 9.17) is 4.74 Å². The largest absolute Gasteiger partial charge is 0.498 e. The summed E-state index contributed by atoms with van der Waals surface area (Å²) in [5.41, 5.74) is 1.56. The molecule has 1 nitrogen and oxygen atoms in total. The number of unbranched alkanes of at least 4 members (excludes halogenated alkanes) is 2. The minimum absolute atomic E-state index is 0.535.